The molecule has 0 aliphatic carbocycles. The molecule has 0 amide bonds. The monoisotopic (exact) mass is 396 g/mol. The zero-order chi connectivity index (χ0) is 19.5. The summed E-state index contributed by atoms with van der Waals surface area (Å²) in [5, 5.41) is 12.6. The molecule has 0 atom stereocenters. The van der Waals surface area contributed by atoms with E-state index in [-0.39, 0.29) is 5.82 Å². The van der Waals surface area contributed by atoms with Gasteiger partial charge in [-0.25, -0.2) is 9.07 Å². The zero-order valence-electron chi connectivity index (χ0n) is 15.0. The van der Waals surface area contributed by atoms with Crippen molar-refractivity contribution in [2.45, 2.75) is 24.3 Å². The van der Waals surface area contributed by atoms with E-state index in [0.29, 0.717) is 34.0 Å². The van der Waals surface area contributed by atoms with Gasteiger partial charge in [-0.05, 0) is 24.1 Å². The fraction of sp³-hybridized carbons (Fsp3) is 0.158. The molecule has 2 heterocycles. The van der Waals surface area contributed by atoms with Crippen LogP contribution in [0.2, 0.25) is 0 Å². The molecular weight excluding hydrogens is 379 g/mol. The van der Waals surface area contributed by atoms with Gasteiger partial charge in [-0.2, -0.15) is 4.98 Å². The molecule has 0 aliphatic rings. The van der Waals surface area contributed by atoms with Gasteiger partial charge in [0.2, 0.25) is 16.9 Å². The van der Waals surface area contributed by atoms with Gasteiger partial charge in [0.15, 0.2) is 5.82 Å². The normalized spacial score (nSPS) is 11.1. The van der Waals surface area contributed by atoms with Crippen LogP contribution in [0.25, 0.3) is 22.8 Å². The number of halogens is 1. The summed E-state index contributed by atoms with van der Waals surface area (Å²) in [5.41, 5.74) is 2.70. The molecule has 4 rings (SSSR count). The summed E-state index contributed by atoms with van der Waals surface area (Å²) < 4.78 is 20.0. The van der Waals surface area contributed by atoms with Gasteiger partial charge in [-0.15, -0.1) is 10.2 Å². The summed E-state index contributed by atoms with van der Waals surface area (Å²) >= 11 is 1.31. The average molecular weight is 396 g/mol. The highest BCUT2D eigenvalue weighted by molar-refractivity contribution is 7.98. The molecule has 0 radical (unpaired) electrons. The SMILES string of the molecule is CCc1ccc(-c2noc(CSc3nnc(-c4cccc(F)c4)n3N)n2)cc1. The van der Waals surface area contributed by atoms with Crippen LogP contribution in [-0.4, -0.2) is 25.0 Å². The second-order valence-corrected chi connectivity index (χ2v) is 6.98. The minimum absolute atomic E-state index is 0.361. The van der Waals surface area contributed by atoms with Crippen molar-refractivity contribution >= 4 is 11.8 Å². The van der Waals surface area contributed by atoms with Crippen LogP contribution in [0.15, 0.2) is 58.2 Å². The highest BCUT2D eigenvalue weighted by Gasteiger charge is 2.15. The summed E-state index contributed by atoms with van der Waals surface area (Å²) in [4.78, 5) is 4.41. The molecule has 0 aliphatic heterocycles. The lowest BCUT2D eigenvalue weighted by molar-refractivity contribution is 0.391. The Hall–Kier alpha value is -3.20. The van der Waals surface area contributed by atoms with E-state index in [1.807, 2.05) is 24.3 Å². The van der Waals surface area contributed by atoms with E-state index in [2.05, 4.69) is 27.3 Å². The quantitative estimate of drug-likeness (QED) is 0.392. The molecule has 9 heteroatoms. The third kappa shape index (κ3) is 3.74. The van der Waals surface area contributed by atoms with E-state index >= 15 is 0 Å². The van der Waals surface area contributed by atoms with E-state index in [1.165, 1.54) is 34.1 Å². The number of benzene rings is 2. The standard InChI is InChI=1S/C19H17FN6OS/c1-2-12-6-8-13(9-7-12)17-22-16(27-25-17)11-28-19-24-23-18(26(19)21)14-4-3-5-15(20)10-14/h3-10H,2,11,21H2,1H3. The number of hydrogen-bond acceptors (Lipinski definition) is 7. The number of nitrogens with two attached hydrogens (primary N) is 1. The van der Waals surface area contributed by atoms with E-state index in [0.717, 1.165) is 12.0 Å². The van der Waals surface area contributed by atoms with Crippen LogP contribution >= 0.6 is 11.8 Å². The first-order valence-corrected chi connectivity index (χ1v) is 9.63. The lowest BCUT2D eigenvalue weighted by Crippen LogP contribution is -2.11. The van der Waals surface area contributed by atoms with Crippen LogP contribution in [0.3, 0.4) is 0 Å². The third-order valence-electron chi connectivity index (χ3n) is 4.16. The molecule has 142 valence electrons. The van der Waals surface area contributed by atoms with Crippen LogP contribution in [0, 0.1) is 5.82 Å². The van der Waals surface area contributed by atoms with Gasteiger partial charge >= 0.3 is 0 Å². The van der Waals surface area contributed by atoms with Crippen molar-refractivity contribution in [1.29, 1.82) is 0 Å². The van der Waals surface area contributed by atoms with Gasteiger partial charge in [-0.1, -0.05) is 60.2 Å². The first-order valence-electron chi connectivity index (χ1n) is 8.65. The minimum atomic E-state index is -0.361. The van der Waals surface area contributed by atoms with E-state index in [1.54, 1.807) is 12.1 Å². The molecule has 4 aromatic rings. The molecule has 2 aromatic heterocycles. The second kappa shape index (κ2) is 7.81. The Morgan fingerprint density at radius 2 is 1.93 bits per heavy atom. The van der Waals surface area contributed by atoms with Gasteiger partial charge in [-0.3, -0.25) is 0 Å². The van der Waals surface area contributed by atoms with Crippen molar-refractivity contribution in [3.63, 3.8) is 0 Å². The molecule has 0 fully saturated rings. The minimum Gasteiger partial charge on any atom is -0.338 e. The maximum Gasteiger partial charge on any atom is 0.237 e. The summed E-state index contributed by atoms with van der Waals surface area (Å²) in [5.74, 6) is 7.45. The summed E-state index contributed by atoms with van der Waals surface area (Å²) in [7, 11) is 0. The van der Waals surface area contributed by atoms with Crippen molar-refractivity contribution in [3.8, 4) is 22.8 Å². The average Bonchev–Trinajstić information content (AvgIpc) is 3.33. The van der Waals surface area contributed by atoms with Crippen molar-refractivity contribution in [3.05, 3.63) is 65.8 Å². The topological polar surface area (TPSA) is 95.7 Å². The van der Waals surface area contributed by atoms with Crippen LogP contribution in [0.1, 0.15) is 18.4 Å². The molecule has 28 heavy (non-hydrogen) atoms. The third-order valence-corrected chi connectivity index (χ3v) is 5.09. The maximum absolute atomic E-state index is 13.4. The predicted octanol–water partition coefficient (Wildman–Crippen LogP) is 3.70. The Morgan fingerprint density at radius 1 is 1.11 bits per heavy atom. The largest absolute Gasteiger partial charge is 0.338 e. The number of nitrogen functional groups attached to an aromatic ring is 1. The van der Waals surface area contributed by atoms with E-state index in [4.69, 9.17) is 10.4 Å². The number of nitrogens with zero attached hydrogens (tertiary/aromatic N) is 5. The fourth-order valence-corrected chi connectivity index (χ4v) is 3.34. The van der Waals surface area contributed by atoms with E-state index < -0.39 is 0 Å². The van der Waals surface area contributed by atoms with Gasteiger partial charge in [0.25, 0.3) is 0 Å². The number of thioether (sulfide) groups is 1. The molecule has 0 bridgehead atoms. The summed E-state index contributed by atoms with van der Waals surface area (Å²) in [6.07, 6.45) is 0.978. The van der Waals surface area contributed by atoms with Crippen LogP contribution in [-0.2, 0) is 12.2 Å². The van der Waals surface area contributed by atoms with Gasteiger partial charge < -0.3 is 10.4 Å². The lowest BCUT2D eigenvalue weighted by Gasteiger charge is -2.02. The van der Waals surface area contributed by atoms with Crippen molar-refractivity contribution in [1.82, 2.24) is 25.0 Å². The van der Waals surface area contributed by atoms with Crippen LogP contribution in [0.5, 0.6) is 0 Å². The predicted molar refractivity (Wildman–Crippen MR) is 104 cm³/mol. The fourth-order valence-electron chi connectivity index (χ4n) is 2.65. The van der Waals surface area contributed by atoms with Crippen molar-refractivity contribution in [2.24, 2.45) is 0 Å². The van der Waals surface area contributed by atoms with E-state index in [9.17, 15) is 4.39 Å². The molecule has 0 saturated carbocycles. The van der Waals surface area contributed by atoms with Gasteiger partial charge in [0, 0.05) is 11.1 Å². The smallest absolute Gasteiger partial charge is 0.237 e. The molecule has 2 N–H and O–H groups in total. The number of aryl methyl sites for hydroxylation is 1. The van der Waals surface area contributed by atoms with Crippen molar-refractivity contribution < 1.29 is 8.91 Å². The number of aromatic nitrogens is 5. The summed E-state index contributed by atoms with van der Waals surface area (Å²) in [6.45, 7) is 2.11. The van der Waals surface area contributed by atoms with Gasteiger partial charge in [0.05, 0.1) is 5.75 Å². The maximum atomic E-state index is 13.4. The number of hydrogen-bond donors (Lipinski definition) is 1. The number of rotatable bonds is 6. The second-order valence-electron chi connectivity index (χ2n) is 6.04. The Morgan fingerprint density at radius 3 is 2.68 bits per heavy atom. The van der Waals surface area contributed by atoms with Gasteiger partial charge in [0.1, 0.15) is 5.82 Å². The molecule has 0 spiro atoms. The highest BCUT2D eigenvalue weighted by Crippen LogP contribution is 2.25. The first kappa shape index (κ1) is 18.2. The first-order chi connectivity index (χ1) is 13.6. The molecule has 0 unspecified atom stereocenters. The Labute approximate surface area is 164 Å². The van der Waals surface area contributed by atoms with Crippen LogP contribution in [0.4, 0.5) is 4.39 Å². The highest BCUT2D eigenvalue weighted by atomic mass is 32.2. The Bertz CT molecular complexity index is 1090. The molecule has 7 nitrogen and oxygen atoms in total. The Kier molecular flexibility index (Phi) is 5.07. The molecule has 2 aromatic carbocycles. The summed E-state index contributed by atoms with van der Waals surface area (Å²) in [6, 6.07) is 14.1. The zero-order valence-corrected chi connectivity index (χ0v) is 15.9. The lowest BCUT2D eigenvalue weighted by atomic mass is 10.1. The van der Waals surface area contributed by atoms with Crippen molar-refractivity contribution in [2.75, 3.05) is 5.84 Å². The molecule has 0 saturated heterocycles. The Balaban J connectivity index is 1.46. The van der Waals surface area contributed by atoms with Crippen LogP contribution < -0.4 is 5.84 Å². The molecular formula is C19H17FN6OS.